The Morgan fingerprint density at radius 2 is 2.05 bits per heavy atom. The van der Waals surface area contributed by atoms with Gasteiger partial charge < -0.3 is 9.64 Å². The first-order valence-electron chi connectivity index (χ1n) is 7.76. The van der Waals surface area contributed by atoms with E-state index in [1.807, 2.05) is 12.3 Å². The van der Waals surface area contributed by atoms with Crippen LogP contribution in [0.4, 0.5) is 5.69 Å². The van der Waals surface area contributed by atoms with Gasteiger partial charge in [-0.15, -0.1) is 0 Å². The van der Waals surface area contributed by atoms with E-state index in [9.17, 15) is 8.42 Å². The molecule has 6 nitrogen and oxygen atoms in total. The number of hydrogen-bond acceptors (Lipinski definition) is 6. The quantitative estimate of drug-likeness (QED) is 0.816. The minimum atomic E-state index is -2.84. The Morgan fingerprint density at radius 3 is 2.68 bits per heavy atom. The van der Waals surface area contributed by atoms with Crippen LogP contribution in [-0.4, -0.2) is 69.1 Å². The molecule has 0 saturated carbocycles. The third kappa shape index (κ3) is 3.35. The number of methoxy groups -OCH3 is 1. The highest BCUT2D eigenvalue weighted by Crippen LogP contribution is 2.23. The van der Waals surface area contributed by atoms with Crippen molar-refractivity contribution in [3.8, 4) is 5.75 Å². The Balaban J connectivity index is 1.56. The second-order valence-electron chi connectivity index (χ2n) is 6.00. The molecule has 0 radical (unpaired) electrons. The van der Waals surface area contributed by atoms with Gasteiger partial charge in [-0.05, 0) is 12.8 Å². The van der Waals surface area contributed by atoms with Crippen LogP contribution in [0.3, 0.4) is 0 Å². The topological polar surface area (TPSA) is 62.7 Å². The molecular weight excluding hydrogens is 302 g/mol. The van der Waals surface area contributed by atoms with E-state index < -0.39 is 9.84 Å². The van der Waals surface area contributed by atoms with Crippen LogP contribution in [-0.2, 0) is 9.84 Å². The van der Waals surface area contributed by atoms with Crippen molar-refractivity contribution in [1.82, 2.24) is 9.88 Å². The van der Waals surface area contributed by atoms with Gasteiger partial charge in [-0.1, -0.05) is 0 Å². The molecule has 1 atom stereocenters. The molecule has 2 fully saturated rings. The molecule has 0 N–H and O–H groups in total. The van der Waals surface area contributed by atoms with Crippen molar-refractivity contribution in [2.45, 2.75) is 18.1 Å². The van der Waals surface area contributed by atoms with Gasteiger partial charge in [0.1, 0.15) is 5.75 Å². The number of pyridine rings is 1. The normalized spacial score (nSPS) is 25.3. The number of nitrogens with zero attached hydrogens (tertiary/aromatic N) is 3. The van der Waals surface area contributed by atoms with Gasteiger partial charge in [-0.3, -0.25) is 9.88 Å². The molecule has 3 rings (SSSR count). The monoisotopic (exact) mass is 325 g/mol. The highest BCUT2D eigenvalue weighted by atomic mass is 32.2. The first-order chi connectivity index (χ1) is 10.6. The van der Waals surface area contributed by atoms with Crippen molar-refractivity contribution in [2.24, 2.45) is 0 Å². The average Bonchev–Trinajstić information content (AvgIpc) is 2.87. The summed E-state index contributed by atoms with van der Waals surface area (Å²) < 4.78 is 29.1. The fourth-order valence-electron chi connectivity index (χ4n) is 3.23. The van der Waals surface area contributed by atoms with E-state index in [1.54, 1.807) is 13.3 Å². The SMILES string of the molecule is COc1cncc(N2CCN(CC3CCCS3(=O)=O)CC2)c1. The van der Waals surface area contributed by atoms with Crippen LogP contribution in [0.5, 0.6) is 5.75 Å². The van der Waals surface area contributed by atoms with Crippen molar-refractivity contribution in [3.05, 3.63) is 18.5 Å². The maximum absolute atomic E-state index is 11.9. The summed E-state index contributed by atoms with van der Waals surface area (Å²) in [5, 5.41) is -0.155. The summed E-state index contributed by atoms with van der Waals surface area (Å²) >= 11 is 0. The lowest BCUT2D eigenvalue weighted by atomic mass is 10.2. The summed E-state index contributed by atoms with van der Waals surface area (Å²) in [6, 6.07) is 1.99. The van der Waals surface area contributed by atoms with E-state index in [1.165, 1.54) is 0 Å². The van der Waals surface area contributed by atoms with Crippen molar-refractivity contribution < 1.29 is 13.2 Å². The fourth-order valence-corrected chi connectivity index (χ4v) is 5.10. The number of hydrogen-bond donors (Lipinski definition) is 0. The second kappa shape index (κ2) is 6.42. The summed E-state index contributed by atoms with van der Waals surface area (Å²) in [7, 11) is -1.20. The molecule has 122 valence electrons. The van der Waals surface area contributed by atoms with Gasteiger partial charge in [0.25, 0.3) is 0 Å². The van der Waals surface area contributed by atoms with Crippen LogP contribution >= 0.6 is 0 Å². The lowest BCUT2D eigenvalue weighted by molar-refractivity contribution is 0.255. The Labute approximate surface area is 132 Å². The van der Waals surface area contributed by atoms with Crippen molar-refractivity contribution in [2.75, 3.05) is 50.5 Å². The standard InChI is InChI=1S/C15H23N3O3S/c1-21-14-9-13(10-16-11-14)18-6-4-17(5-7-18)12-15-3-2-8-22(15,19)20/h9-11,15H,2-8,12H2,1H3. The van der Waals surface area contributed by atoms with Gasteiger partial charge >= 0.3 is 0 Å². The number of rotatable bonds is 4. The molecule has 1 aromatic heterocycles. The first kappa shape index (κ1) is 15.6. The molecule has 2 aliphatic heterocycles. The number of anilines is 1. The summed E-state index contributed by atoms with van der Waals surface area (Å²) in [6.45, 7) is 4.25. The molecule has 2 aliphatic rings. The molecule has 22 heavy (non-hydrogen) atoms. The predicted molar refractivity (Wildman–Crippen MR) is 86.3 cm³/mol. The molecule has 1 aromatic rings. The third-order valence-electron chi connectivity index (χ3n) is 4.60. The Hall–Kier alpha value is -1.34. The van der Waals surface area contributed by atoms with Gasteiger partial charge in [-0.2, -0.15) is 0 Å². The molecule has 1 unspecified atom stereocenters. The van der Waals surface area contributed by atoms with E-state index in [4.69, 9.17) is 4.74 Å². The molecule has 0 bridgehead atoms. The van der Waals surface area contributed by atoms with Crippen molar-refractivity contribution >= 4 is 15.5 Å². The predicted octanol–water partition coefficient (Wildman–Crippen LogP) is 0.789. The van der Waals surface area contributed by atoms with E-state index in [0.29, 0.717) is 12.3 Å². The lowest BCUT2D eigenvalue weighted by Gasteiger charge is -2.36. The van der Waals surface area contributed by atoms with Crippen LogP contribution in [0.15, 0.2) is 18.5 Å². The van der Waals surface area contributed by atoms with Crippen LogP contribution in [0.1, 0.15) is 12.8 Å². The Bertz CT molecular complexity index is 612. The van der Waals surface area contributed by atoms with Gasteiger partial charge in [0, 0.05) is 38.8 Å². The third-order valence-corrected chi connectivity index (χ3v) is 6.85. The summed E-state index contributed by atoms with van der Waals surface area (Å²) in [4.78, 5) is 8.74. The van der Waals surface area contributed by atoms with E-state index in [-0.39, 0.29) is 5.25 Å². The lowest BCUT2D eigenvalue weighted by Crippen LogP contribution is -2.49. The zero-order valence-electron chi connectivity index (χ0n) is 12.9. The first-order valence-corrected chi connectivity index (χ1v) is 9.48. The number of ether oxygens (including phenoxy) is 1. The van der Waals surface area contributed by atoms with E-state index in [2.05, 4.69) is 14.8 Å². The molecule has 3 heterocycles. The van der Waals surface area contributed by atoms with Crippen LogP contribution in [0.2, 0.25) is 0 Å². The minimum Gasteiger partial charge on any atom is -0.495 e. The highest BCUT2D eigenvalue weighted by molar-refractivity contribution is 7.92. The number of sulfone groups is 1. The Morgan fingerprint density at radius 1 is 1.27 bits per heavy atom. The van der Waals surface area contributed by atoms with Gasteiger partial charge in [0.05, 0.1) is 36.2 Å². The largest absolute Gasteiger partial charge is 0.495 e. The van der Waals surface area contributed by atoms with Gasteiger partial charge in [-0.25, -0.2) is 8.42 Å². The zero-order chi connectivity index (χ0) is 15.6. The smallest absolute Gasteiger partial charge is 0.154 e. The number of aromatic nitrogens is 1. The molecule has 0 aliphatic carbocycles. The highest BCUT2D eigenvalue weighted by Gasteiger charge is 2.33. The maximum Gasteiger partial charge on any atom is 0.154 e. The summed E-state index contributed by atoms with van der Waals surface area (Å²) in [5.41, 5.74) is 1.06. The Kier molecular flexibility index (Phi) is 4.54. The van der Waals surface area contributed by atoms with Crippen LogP contribution < -0.4 is 9.64 Å². The average molecular weight is 325 g/mol. The molecule has 7 heteroatoms. The van der Waals surface area contributed by atoms with Crippen molar-refractivity contribution in [1.29, 1.82) is 0 Å². The van der Waals surface area contributed by atoms with Crippen molar-refractivity contribution in [3.63, 3.8) is 0 Å². The van der Waals surface area contributed by atoms with Crippen LogP contribution in [0, 0.1) is 0 Å². The molecule has 0 spiro atoms. The molecule has 2 saturated heterocycles. The molecular formula is C15H23N3O3S. The summed E-state index contributed by atoms with van der Waals surface area (Å²) in [5.74, 6) is 1.13. The number of piperazine rings is 1. The van der Waals surface area contributed by atoms with Gasteiger partial charge in [0.2, 0.25) is 0 Å². The fraction of sp³-hybridized carbons (Fsp3) is 0.667. The second-order valence-corrected chi connectivity index (χ2v) is 8.40. The van der Waals surface area contributed by atoms with E-state index >= 15 is 0 Å². The maximum atomic E-state index is 11.9. The van der Waals surface area contributed by atoms with E-state index in [0.717, 1.165) is 50.5 Å². The molecule has 0 amide bonds. The van der Waals surface area contributed by atoms with Crippen LogP contribution in [0.25, 0.3) is 0 Å². The van der Waals surface area contributed by atoms with Gasteiger partial charge in [0.15, 0.2) is 9.84 Å². The molecule has 0 aromatic carbocycles. The zero-order valence-corrected chi connectivity index (χ0v) is 13.8. The minimum absolute atomic E-state index is 0.155. The summed E-state index contributed by atoms with van der Waals surface area (Å²) in [6.07, 6.45) is 5.19.